The smallest absolute Gasteiger partial charge is 0.214 e. The monoisotopic (exact) mass is 314 g/mol. The number of aromatic nitrogens is 4. The molecule has 1 aromatic heterocycles. The van der Waals surface area contributed by atoms with Crippen LogP contribution >= 0.6 is 0 Å². The van der Waals surface area contributed by atoms with Crippen molar-refractivity contribution in [2.45, 2.75) is 58.5 Å². The molecule has 0 unspecified atom stereocenters. The summed E-state index contributed by atoms with van der Waals surface area (Å²) in [5, 5.41) is 12.8. The van der Waals surface area contributed by atoms with Gasteiger partial charge in [-0.2, -0.15) is 0 Å². The van der Waals surface area contributed by atoms with E-state index in [0.29, 0.717) is 0 Å². The highest BCUT2D eigenvalue weighted by Crippen LogP contribution is 2.25. The van der Waals surface area contributed by atoms with Crippen LogP contribution in [0.4, 0.5) is 0 Å². The third-order valence-electron chi connectivity index (χ3n) is 5.26. The Morgan fingerprint density at radius 1 is 1.17 bits per heavy atom. The fourth-order valence-corrected chi connectivity index (χ4v) is 3.40. The first-order valence-electron chi connectivity index (χ1n) is 8.73. The number of nitrogens with zero attached hydrogens (tertiary/aromatic N) is 4. The minimum absolute atomic E-state index is 0.0685. The number of hydrogen-bond acceptors (Lipinski definition) is 3. The topological polar surface area (TPSA) is 48.0 Å². The lowest BCUT2D eigenvalue weighted by molar-refractivity contribution is -0.914. The Labute approximate surface area is 138 Å². The van der Waals surface area contributed by atoms with Crippen LogP contribution in [0.25, 0.3) is 0 Å². The molecule has 1 aliphatic heterocycles. The van der Waals surface area contributed by atoms with Crippen LogP contribution in [0.5, 0.6) is 0 Å². The van der Waals surface area contributed by atoms with Gasteiger partial charge >= 0.3 is 0 Å². The fourth-order valence-electron chi connectivity index (χ4n) is 3.40. The largest absolute Gasteiger partial charge is 0.322 e. The highest BCUT2D eigenvalue weighted by atomic mass is 15.6. The summed E-state index contributed by atoms with van der Waals surface area (Å²) in [6.07, 6.45) is 3.58. The lowest BCUT2D eigenvalue weighted by Gasteiger charge is -2.29. The van der Waals surface area contributed by atoms with Gasteiger partial charge in [0.15, 0.2) is 6.04 Å². The maximum absolute atomic E-state index is 4.46. The average Bonchev–Trinajstić information content (AvgIpc) is 3.22. The van der Waals surface area contributed by atoms with Crippen LogP contribution in [0.15, 0.2) is 24.3 Å². The predicted octanol–water partition coefficient (Wildman–Crippen LogP) is 1.89. The quantitative estimate of drug-likeness (QED) is 0.917. The maximum Gasteiger partial charge on any atom is 0.214 e. The van der Waals surface area contributed by atoms with Crippen LogP contribution in [0.2, 0.25) is 0 Å². The first-order valence-corrected chi connectivity index (χ1v) is 8.73. The zero-order valence-corrected chi connectivity index (χ0v) is 14.7. The Morgan fingerprint density at radius 2 is 1.83 bits per heavy atom. The van der Waals surface area contributed by atoms with E-state index < -0.39 is 0 Å². The van der Waals surface area contributed by atoms with Gasteiger partial charge in [0.05, 0.1) is 18.6 Å². The molecule has 0 bridgehead atoms. The molecule has 0 saturated carbocycles. The van der Waals surface area contributed by atoms with Crippen molar-refractivity contribution < 1.29 is 4.90 Å². The Morgan fingerprint density at radius 3 is 2.43 bits per heavy atom. The Balaban J connectivity index is 2.06. The van der Waals surface area contributed by atoms with Gasteiger partial charge in [-0.15, -0.1) is 5.10 Å². The van der Waals surface area contributed by atoms with Crippen molar-refractivity contribution in [1.82, 2.24) is 20.2 Å². The van der Waals surface area contributed by atoms with Gasteiger partial charge in [-0.05, 0) is 37.6 Å². The number of benzene rings is 1. The van der Waals surface area contributed by atoms with E-state index in [-0.39, 0.29) is 11.6 Å². The fraction of sp³-hybridized carbons (Fsp3) is 0.611. The molecule has 23 heavy (non-hydrogen) atoms. The van der Waals surface area contributed by atoms with Crippen molar-refractivity contribution in [3.8, 4) is 0 Å². The van der Waals surface area contributed by atoms with E-state index in [4.69, 9.17) is 0 Å². The van der Waals surface area contributed by atoms with Crippen LogP contribution in [-0.2, 0) is 5.54 Å². The summed E-state index contributed by atoms with van der Waals surface area (Å²) in [5.41, 5.74) is 2.54. The number of tetrazole rings is 1. The Bertz CT molecular complexity index is 638. The maximum atomic E-state index is 4.46. The number of rotatable bonds is 5. The van der Waals surface area contributed by atoms with Crippen LogP contribution in [0, 0.1) is 6.92 Å². The van der Waals surface area contributed by atoms with Gasteiger partial charge in [0.25, 0.3) is 0 Å². The third kappa shape index (κ3) is 3.15. The van der Waals surface area contributed by atoms with E-state index in [1.165, 1.54) is 37.1 Å². The zero-order valence-electron chi connectivity index (χ0n) is 14.7. The van der Waals surface area contributed by atoms with Crippen molar-refractivity contribution in [2.24, 2.45) is 0 Å². The van der Waals surface area contributed by atoms with Gasteiger partial charge < -0.3 is 4.90 Å². The lowest BCUT2D eigenvalue weighted by atomic mass is 9.99. The highest BCUT2D eigenvalue weighted by Gasteiger charge is 2.36. The van der Waals surface area contributed by atoms with E-state index in [1.54, 1.807) is 4.90 Å². The number of likely N-dealkylation sites (tertiary alicyclic amines) is 1. The van der Waals surface area contributed by atoms with Crippen molar-refractivity contribution in [2.75, 3.05) is 13.1 Å². The Kier molecular flexibility index (Phi) is 4.48. The zero-order chi connectivity index (χ0) is 16.4. The molecule has 0 spiro atoms. The molecule has 2 heterocycles. The molecule has 1 aliphatic rings. The number of hydrogen-bond donors (Lipinski definition) is 1. The van der Waals surface area contributed by atoms with Crippen molar-refractivity contribution in [1.29, 1.82) is 0 Å². The summed E-state index contributed by atoms with van der Waals surface area (Å²) in [4.78, 5) is 1.58. The second kappa shape index (κ2) is 6.40. The molecule has 1 fully saturated rings. The minimum atomic E-state index is -0.0685. The molecular formula is C18H28N5+. The van der Waals surface area contributed by atoms with Crippen LogP contribution in [0.3, 0.4) is 0 Å². The normalized spacial score (nSPS) is 17.6. The van der Waals surface area contributed by atoms with Gasteiger partial charge in [0.1, 0.15) is 0 Å². The van der Waals surface area contributed by atoms with Gasteiger partial charge in [0, 0.05) is 18.4 Å². The molecule has 124 valence electrons. The summed E-state index contributed by atoms with van der Waals surface area (Å²) in [7, 11) is 0. The van der Waals surface area contributed by atoms with Crippen LogP contribution < -0.4 is 4.90 Å². The minimum Gasteiger partial charge on any atom is -0.322 e. The number of nitrogens with one attached hydrogen (secondary N) is 1. The van der Waals surface area contributed by atoms with Gasteiger partial charge in [-0.1, -0.05) is 36.8 Å². The summed E-state index contributed by atoms with van der Waals surface area (Å²) in [6.45, 7) is 11.1. The van der Waals surface area contributed by atoms with Crippen molar-refractivity contribution in [3.05, 3.63) is 41.2 Å². The molecule has 1 atom stereocenters. The van der Waals surface area contributed by atoms with E-state index in [0.717, 1.165) is 12.2 Å². The second-order valence-corrected chi connectivity index (χ2v) is 7.32. The van der Waals surface area contributed by atoms with Crippen LogP contribution in [-0.4, -0.2) is 33.3 Å². The Hall–Kier alpha value is -1.75. The summed E-state index contributed by atoms with van der Waals surface area (Å²) >= 11 is 0. The average molecular weight is 314 g/mol. The van der Waals surface area contributed by atoms with Gasteiger partial charge in [-0.3, -0.25) is 0 Å². The molecule has 1 saturated heterocycles. The van der Waals surface area contributed by atoms with Crippen molar-refractivity contribution >= 4 is 0 Å². The summed E-state index contributed by atoms with van der Waals surface area (Å²) in [6, 6.07) is 9.08. The van der Waals surface area contributed by atoms with Crippen molar-refractivity contribution in [3.63, 3.8) is 0 Å². The SMILES string of the molecule is CCC(C)(C)n1nnnc1[C@H](c1ccc(C)cc1)[NH+]1CCCC1. The molecule has 0 radical (unpaired) electrons. The second-order valence-electron chi connectivity index (χ2n) is 7.32. The number of aryl methyl sites for hydroxylation is 1. The van der Waals surface area contributed by atoms with E-state index in [2.05, 4.69) is 67.5 Å². The molecule has 2 aromatic rings. The third-order valence-corrected chi connectivity index (χ3v) is 5.26. The summed E-state index contributed by atoms with van der Waals surface area (Å²) < 4.78 is 2.04. The van der Waals surface area contributed by atoms with E-state index in [9.17, 15) is 0 Å². The first-order chi connectivity index (χ1) is 11.0. The molecule has 5 heteroatoms. The molecular weight excluding hydrogens is 286 g/mol. The summed E-state index contributed by atoms with van der Waals surface area (Å²) in [5.74, 6) is 0.998. The molecule has 0 aliphatic carbocycles. The molecule has 1 aromatic carbocycles. The predicted molar refractivity (Wildman–Crippen MR) is 90.4 cm³/mol. The van der Waals surface area contributed by atoms with Crippen LogP contribution in [0.1, 0.15) is 63.0 Å². The molecule has 3 rings (SSSR count). The molecule has 5 nitrogen and oxygen atoms in total. The highest BCUT2D eigenvalue weighted by molar-refractivity contribution is 5.26. The number of quaternary nitrogens is 1. The molecule has 0 amide bonds. The van der Waals surface area contributed by atoms with E-state index >= 15 is 0 Å². The van der Waals surface area contributed by atoms with Gasteiger partial charge in [0.2, 0.25) is 5.82 Å². The lowest BCUT2D eigenvalue weighted by Crippen LogP contribution is -3.10. The standard InChI is InChI=1S/C18H27N5/c1-5-18(3,4)23-17(19-20-21-23)16(22-12-6-7-13-22)15-10-8-14(2)9-11-15/h8-11,16H,5-7,12-13H2,1-4H3/p+1/t16-/m0/s1. The first kappa shape index (κ1) is 16.1. The van der Waals surface area contributed by atoms with Gasteiger partial charge in [-0.25, -0.2) is 4.68 Å². The van der Waals surface area contributed by atoms with E-state index in [1.807, 2.05) is 4.68 Å². The molecule has 1 N–H and O–H groups in total.